The zero-order valence-corrected chi connectivity index (χ0v) is 19.7. The second-order valence-electron chi connectivity index (χ2n) is 8.94. The van der Waals surface area contributed by atoms with Gasteiger partial charge in [-0.15, -0.1) is 12.4 Å². The molecule has 2 bridgehead atoms. The molecule has 2 atom stereocenters. The molecule has 3 aromatic heterocycles. The Morgan fingerprint density at radius 1 is 1.16 bits per heavy atom. The monoisotopic (exact) mass is 472 g/mol. The number of thiazole rings is 1. The maximum absolute atomic E-state index is 14.5. The molecule has 0 spiro atoms. The van der Waals surface area contributed by atoms with Crippen LogP contribution in [0.5, 0.6) is 0 Å². The zero-order valence-electron chi connectivity index (χ0n) is 18.1. The highest BCUT2D eigenvalue weighted by atomic mass is 35.5. The van der Waals surface area contributed by atoms with Crippen LogP contribution in [0.4, 0.5) is 9.52 Å². The summed E-state index contributed by atoms with van der Waals surface area (Å²) in [6, 6.07) is 9.17. The number of aromatic nitrogens is 4. The third kappa shape index (κ3) is 3.74. The molecule has 32 heavy (non-hydrogen) atoms. The Morgan fingerprint density at radius 3 is 2.72 bits per heavy atom. The summed E-state index contributed by atoms with van der Waals surface area (Å²) >= 11 is 1.62. The molecule has 1 N–H and O–H groups in total. The fourth-order valence-corrected chi connectivity index (χ4v) is 6.16. The van der Waals surface area contributed by atoms with Gasteiger partial charge in [0.1, 0.15) is 15.9 Å². The SMILES string of the molecule is CN(c1nc2ccc(-c3cc(F)c4nn(C)cc4c3)nc2s1)C1CC2CCCC(C1)N2.Cl. The number of aryl methyl sites for hydroxylation is 1. The van der Waals surface area contributed by atoms with Gasteiger partial charge in [-0.05, 0) is 49.9 Å². The highest BCUT2D eigenvalue weighted by Crippen LogP contribution is 2.35. The minimum atomic E-state index is -0.323. The first-order valence-electron chi connectivity index (χ1n) is 10.9. The first-order valence-corrected chi connectivity index (χ1v) is 11.7. The summed E-state index contributed by atoms with van der Waals surface area (Å²) in [7, 11) is 3.96. The number of nitrogens with one attached hydrogen (secondary N) is 1. The number of piperidine rings is 2. The minimum Gasteiger partial charge on any atom is -0.348 e. The van der Waals surface area contributed by atoms with Gasteiger partial charge in [0.2, 0.25) is 0 Å². The first kappa shape index (κ1) is 21.6. The molecule has 2 aliphatic rings. The summed E-state index contributed by atoms with van der Waals surface area (Å²) in [6.45, 7) is 0. The number of pyridine rings is 1. The number of benzene rings is 1. The maximum atomic E-state index is 14.5. The zero-order chi connectivity index (χ0) is 21.1. The van der Waals surface area contributed by atoms with Gasteiger partial charge in [0.15, 0.2) is 10.9 Å². The molecule has 1 aromatic carbocycles. The van der Waals surface area contributed by atoms with E-state index in [-0.39, 0.29) is 18.2 Å². The quantitative estimate of drug-likeness (QED) is 0.459. The average Bonchev–Trinajstić information content (AvgIpc) is 3.35. The Labute approximate surface area is 196 Å². The molecule has 0 amide bonds. The van der Waals surface area contributed by atoms with Gasteiger partial charge < -0.3 is 10.2 Å². The lowest BCUT2D eigenvalue weighted by atomic mass is 9.83. The summed E-state index contributed by atoms with van der Waals surface area (Å²) in [6.07, 6.45) is 8.08. The summed E-state index contributed by atoms with van der Waals surface area (Å²) in [4.78, 5) is 12.9. The molecule has 2 fully saturated rings. The Bertz CT molecular complexity index is 1270. The van der Waals surface area contributed by atoms with E-state index in [4.69, 9.17) is 9.97 Å². The lowest BCUT2D eigenvalue weighted by Gasteiger charge is -2.43. The van der Waals surface area contributed by atoms with Crippen molar-refractivity contribution in [3.05, 3.63) is 36.3 Å². The van der Waals surface area contributed by atoms with Crippen LogP contribution in [-0.2, 0) is 7.05 Å². The van der Waals surface area contributed by atoms with Crippen LogP contribution < -0.4 is 10.2 Å². The number of rotatable bonds is 3. The molecule has 0 aliphatic carbocycles. The van der Waals surface area contributed by atoms with Crippen LogP contribution in [0.3, 0.4) is 0 Å². The number of hydrogen-bond donors (Lipinski definition) is 1. The van der Waals surface area contributed by atoms with Crippen molar-refractivity contribution in [3.8, 4) is 11.3 Å². The van der Waals surface area contributed by atoms with Gasteiger partial charge in [-0.1, -0.05) is 17.8 Å². The molecule has 168 valence electrons. The molecule has 9 heteroatoms. The molecule has 6 rings (SSSR count). The summed E-state index contributed by atoms with van der Waals surface area (Å²) < 4.78 is 16.2. The molecule has 0 saturated carbocycles. The Kier molecular flexibility index (Phi) is 5.55. The Morgan fingerprint density at radius 2 is 1.94 bits per heavy atom. The lowest BCUT2D eigenvalue weighted by Crippen LogP contribution is -2.54. The van der Waals surface area contributed by atoms with E-state index in [1.165, 1.54) is 38.2 Å². The van der Waals surface area contributed by atoms with Crippen molar-refractivity contribution in [3.63, 3.8) is 0 Å². The van der Waals surface area contributed by atoms with Crippen molar-refractivity contribution in [2.45, 2.75) is 50.2 Å². The topological polar surface area (TPSA) is 58.9 Å². The van der Waals surface area contributed by atoms with Crippen molar-refractivity contribution in [2.75, 3.05) is 11.9 Å². The van der Waals surface area contributed by atoms with Crippen molar-refractivity contribution in [1.29, 1.82) is 0 Å². The molecule has 2 unspecified atom stereocenters. The first-order chi connectivity index (χ1) is 15.0. The normalized spacial score (nSPS) is 22.8. The minimum absolute atomic E-state index is 0. The number of halogens is 2. The van der Waals surface area contributed by atoms with Gasteiger partial charge >= 0.3 is 0 Å². The van der Waals surface area contributed by atoms with Gasteiger partial charge in [-0.25, -0.2) is 14.4 Å². The standard InChI is InChI=1S/C23H25FN6S.ClH/c1-29-12-14-8-13(9-18(24)21(14)28-29)19-6-7-20-22(26-19)31-23(27-20)30(2)17-10-15-4-3-5-16(11-17)25-15;/h6-9,12,15-17,25H,3-5,10-11H2,1-2H3;1H. The van der Waals surface area contributed by atoms with Gasteiger partial charge in [-0.2, -0.15) is 5.10 Å². The number of anilines is 1. The fraction of sp³-hybridized carbons (Fsp3) is 0.435. The smallest absolute Gasteiger partial charge is 0.187 e. The van der Waals surface area contributed by atoms with Crippen molar-refractivity contribution in [2.24, 2.45) is 7.05 Å². The van der Waals surface area contributed by atoms with Crippen molar-refractivity contribution in [1.82, 2.24) is 25.1 Å². The fourth-order valence-electron chi connectivity index (χ4n) is 5.19. The molecule has 5 heterocycles. The van der Waals surface area contributed by atoms with Crippen LogP contribution in [0.25, 0.3) is 32.5 Å². The predicted octanol–water partition coefficient (Wildman–Crippen LogP) is 4.92. The van der Waals surface area contributed by atoms with Crippen LogP contribution in [0.2, 0.25) is 0 Å². The van der Waals surface area contributed by atoms with E-state index in [0.717, 1.165) is 32.1 Å². The third-order valence-corrected chi connectivity index (χ3v) is 7.81. The summed E-state index contributed by atoms with van der Waals surface area (Å²) in [5.74, 6) is -0.323. The lowest BCUT2D eigenvalue weighted by molar-refractivity contribution is 0.219. The third-order valence-electron chi connectivity index (χ3n) is 6.76. The number of fused-ring (bicyclic) bond motifs is 4. The van der Waals surface area contributed by atoms with Crippen LogP contribution in [0, 0.1) is 5.82 Å². The molecule has 6 nitrogen and oxygen atoms in total. The molecular formula is C23H26ClFN6S. The predicted molar refractivity (Wildman–Crippen MR) is 130 cm³/mol. The van der Waals surface area contributed by atoms with Gasteiger partial charge in [0.25, 0.3) is 0 Å². The average molecular weight is 473 g/mol. The second kappa shape index (κ2) is 8.24. The second-order valence-corrected chi connectivity index (χ2v) is 9.90. The van der Waals surface area contributed by atoms with Gasteiger partial charge in [0.05, 0.1) is 5.69 Å². The van der Waals surface area contributed by atoms with Gasteiger partial charge in [-0.3, -0.25) is 4.68 Å². The van der Waals surface area contributed by atoms with E-state index in [1.54, 1.807) is 23.1 Å². The maximum Gasteiger partial charge on any atom is 0.187 e. The molecular weight excluding hydrogens is 447 g/mol. The van der Waals surface area contributed by atoms with Crippen LogP contribution in [-0.4, -0.2) is 44.9 Å². The van der Waals surface area contributed by atoms with Crippen molar-refractivity contribution < 1.29 is 4.39 Å². The summed E-state index contributed by atoms with van der Waals surface area (Å²) in [5, 5.41) is 9.75. The van der Waals surface area contributed by atoms with Gasteiger partial charge in [0, 0.05) is 49.4 Å². The Hall–Kier alpha value is -2.29. The molecule has 2 aliphatic heterocycles. The largest absolute Gasteiger partial charge is 0.348 e. The van der Waals surface area contributed by atoms with E-state index in [1.807, 2.05) is 24.4 Å². The highest BCUT2D eigenvalue weighted by molar-refractivity contribution is 7.21. The summed E-state index contributed by atoms with van der Waals surface area (Å²) in [5.41, 5.74) is 2.80. The van der Waals surface area contributed by atoms with E-state index >= 15 is 0 Å². The molecule has 4 aromatic rings. The van der Waals surface area contributed by atoms with Crippen LogP contribution >= 0.6 is 23.7 Å². The van der Waals surface area contributed by atoms with E-state index < -0.39 is 0 Å². The van der Waals surface area contributed by atoms with E-state index in [0.29, 0.717) is 23.6 Å². The van der Waals surface area contributed by atoms with E-state index in [2.05, 4.69) is 22.4 Å². The van der Waals surface area contributed by atoms with E-state index in [9.17, 15) is 4.39 Å². The molecule has 2 saturated heterocycles. The number of hydrogen-bond acceptors (Lipinski definition) is 6. The number of nitrogens with zero attached hydrogens (tertiary/aromatic N) is 5. The van der Waals surface area contributed by atoms with Crippen LogP contribution in [0.1, 0.15) is 32.1 Å². The van der Waals surface area contributed by atoms with Crippen LogP contribution in [0.15, 0.2) is 30.5 Å². The molecule has 0 radical (unpaired) electrons. The highest BCUT2D eigenvalue weighted by Gasteiger charge is 2.33. The van der Waals surface area contributed by atoms with Crippen molar-refractivity contribution >= 4 is 50.1 Å². The Balaban J connectivity index is 0.00000216.